The highest BCUT2D eigenvalue weighted by Gasteiger charge is 2.35. The predicted octanol–water partition coefficient (Wildman–Crippen LogP) is 2.95. The molecule has 6 heteroatoms. The number of pyridine rings is 1. The van der Waals surface area contributed by atoms with Crippen LogP contribution in [0.25, 0.3) is 0 Å². The Morgan fingerprint density at radius 3 is 3.15 bits per heavy atom. The normalized spacial score (nSPS) is 15.6. The van der Waals surface area contributed by atoms with Crippen molar-refractivity contribution >= 4 is 28.5 Å². The zero-order chi connectivity index (χ0) is 13.8. The first kappa shape index (κ1) is 13.1. The van der Waals surface area contributed by atoms with Crippen molar-refractivity contribution in [1.29, 1.82) is 0 Å². The van der Waals surface area contributed by atoms with Gasteiger partial charge in [-0.25, -0.2) is 4.98 Å². The van der Waals surface area contributed by atoms with Crippen LogP contribution in [-0.2, 0) is 9.53 Å². The molecule has 5 nitrogen and oxygen atoms in total. The summed E-state index contributed by atoms with van der Waals surface area (Å²) in [5, 5.41) is 4.35. The number of ether oxygens (including phenoxy) is 1. The summed E-state index contributed by atoms with van der Waals surface area (Å²) in [6, 6.07) is 3.85. The van der Waals surface area contributed by atoms with Gasteiger partial charge in [-0.15, -0.1) is 11.3 Å². The summed E-state index contributed by atoms with van der Waals surface area (Å²) >= 11 is 1.56. The summed E-state index contributed by atoms with van der Waals surface area (Å²) in [5.41, 5.74) is 3.75. The molecular formula is C14H15N3O2S. The highest BCUT2D eigenvalue weighted by atomic mass is 32.1. The van der Waals surface area contributed by atoms with Crippen molar-refractivity contribution in [1.82, 2.24) is 9.97 Å². The van der Waals surface area contributed by atoms with Crippen LogP contribution in [0.3, 0.4) is 0 Å². The molecule has 20 heavy (non-hydrogen) atoms. The lowest BCUT2D eigenvalue weighted by molar-refractivity contribution is -0.129. The second kappa shape index (κ2) is 6.00. The molecule has 0 aromatic carbocycles. The van der Waals surface area contributed by atoms with E-state index >= 15 is 0 Å². The van der Waals surface area contributed by atoms with Crippen LogP contribution in [-0.4, -0.2) is 23.0 Å². The van der Waals surface area contributed by atoms with Gasteiger partial charge in [0, 0.05) is 12.1 Å². The van der Waals surface area contributed by atoms with Gasteiger partial charge in [-0.1, -0.05) is 0 Å². The molecule has 0 aliphatic heterocycles. The quantitative estimate of drug-likeness (QED) is 0.794. The van der Waals surface area contributed by atoms with Crippen LogP contribution in [0.4, 0.5) is 10.7 Å². The SMILES string of the molecule is O=COCC(c1ncsc1Nc1cccnc1)C1CC1. The van der Waals surface area contributed by atoms with Crippen LogP contribution in [0.1, 0.15) is 24.5 Å². The Kier molecular flexibility index (Phi) is 3.92. The molecule has 1 unspecified atom stereocenters. The van der Waals surface area contributed by atoms with Gasteiger partial charge in [0.15, 0.2) is 0 Å². The zero-order valence-electron chi connectivity index (χ0n) is 10.9. The fourth-order valence-electron chi connectivity index (χ4n) is 2.26. The van der Waals surface area contributed by atoms with Gasteiger partial charge in [0.05, 0.1) is 29.7 Å². The Hall–Kier alpha value is -1.95. The van der Waals surface area contributed by atoms with Crippen LogP contribution >= 0.6 is 11.3 Å². The smallest absolute Gasteiger partial charge is 0.293 e. The second-order valence-corrected chi connectivity index (χ2v) is 5.66. The summed E-state index contributed by atoms with van der Waals surface area (Å²) in [4.78, 5) is 19.0. The third kappa shape index (κ3) is 2.96. The molecule has 0 radical (unpaired) electrons. The van der Waals surface area contributed by atoms with Crippen LogP contribution in [0.2, 0.25) is 0 Å². The van der Waals surface area contributed by atoms with Crippen molar-refractivity contribution < 1.29 is 9.53 Å². The Morgan fingerprint density at radius 1 is 1.55 bits per heavy atom. The zero-order valence-corrected chi connectivity index (χ0v) is 11.7. The summed E-state index contributed by atoms with van der Waals surface area (Å²) in [5.74, 6) is 0.761. The van der Waals surface area contributed by atoms with Crippen molar-refractivity contribution in [3.8, 4) is 0 Å². The molecule has 3 rings (SSSR count). The standard InChI is InChI=1S/C14H15N3O2S/c18-9-19-7-12(10-3-4-10)13-14(20-8-16-13)17-11-2-1-5-15-6-11/h1-2,5-6,8-10,12,17H,3-4,7H2. The van der Waals surface area contributed by atoms with Crippen LogP contribution in [0.5, 0.6) is 0 Å². The number of anilines is 2. The van der Waals surface area contributed by atoms with Crippen molar-refractivity contribution in [3.05, 3.63) is 35.7 Å². The van der Waals surface area contributed by atoms with E-state index in [9.17, 15) is 4.79 Å². The number of aromatic nitrogens is 2. The van der Waals surface area contributed by atoms with E-state index < -0.39 is 0 Å². The van der Waals surface area contributed by atoms with E-state index in [0.29, 0.717) is 19.0 Å². The molecule has 0 saturated heterocycles. The van der Waals surface area contributed by atoms with Gasteiger partial charge < -0.3 is 10.1 Å². The van der Waals surface area contributed by atoms with Gasteiger partial charge in [-0.2, -0.15) is 0 Å². The summed E-state index contributed by atoms with van der Waals surface area (Å²) in [7, 11) is 0. The van der Waals surface area contributed by atoms with Crippen LogP contribution in [0.15, 0.2) is 30.0 Å². The monoisotopic (exact) mass is 289 g/mol. The molecule has 2 aromatic rings. The highest BCUT2D eigenvalue weighted by molar-refractivity contribution is 7.14. The molecule has 0 bridgehead atoms. The molecule has 2 heterocycles. The molecule has 1 saturated carbocycles. The van der Waals surface area contributed by atoms with Gasteiger partial charge >= 0.3 is 0 Å². The number of hydrogen-bond donors (Lipinski definition) is 1. The molecule has 0 spiro atoms. The minimum atomic E-state index is 0.186. The van der Waals surface area contributed by atoms with E-state index in [1.54, 1.807) is 23.7 Å². The average Bonchev–Trinajstić information content (AvgIpc) is 3.22. The number of carbonyl (C=O) groups excluding carboxylic acids is 1. The first-order valence-electron chi connectivity index (χ1n) is 6.54. The minimum absolute atomic E-state index is 0.186. The van der Waals surface area contributed by atoms with Crippen molar-refractivity contribution in [2.45, 2.75) is 18.8 Å². The fourth-order valence-corrected chi connectivity index (χ4v) is 3.03. The number of nitrogens with one attached hydrogen (secondary N) is 1. The van der Waals surface area contributed by atoms with Gasteiger partial charge in [-0.3, -0.25) is 9.78 Å². The molecule has 0 amide bonds. The maximum atomic E-state index is 10.4. The van der Waals surface area contributed by atoms with E-state index in [-0.39, 0.29) is 5.92 Å². The molecule has 1 atom stereocenters. The van der Waals surface area contributed by atoms with Gasteiger partial charge in [0.1, 0.15) is 5.00 Å². The van der Waals surface area contributed by atoms with Gasteiger partial charge in [-0.05, 0) is 30.9 Å². The summed E-state index contributed by atoms with van der Waals surface area (Å²) in [6.45, 7) is 0.912. The minimum Gasteiger partial charge on any atom is -0.467 e. The maximum absolute atomic E-state index is 10.4. The molecule has 1 aliphatic carbocycles. The van der Waals surface area contributed by atoms with Gasteiger partial charge in [0.2, 0.25) is 0 Å². The number of hydrogen-bond acceptors (Lipinski definition) is 6. The average molecular weight is 289 g/mol. The molecular weight excluding hydrogens is 274 g/mol. The third-order valence-electron chi connectivity index (χ3n) is 3.40. The first-order chi connectivity index (χ1) is 9.88. The Morgan fingerprint density at radius 2 is 2.45 bits per heavy atom. The summed E-state index contributed by atoms with van der Waals surface area (Å²) < 4.78 is 4.97. The molecule has 104 valence electrons. The van der Waals surface area contributed by atoms with E-state index in [1.807, 2.05) is 17.6 Å². The van der Waals surface area contributed by atoms with Crippen molar-refractivity contribution in [3.63, 3.8) is 0 Å². The number of thiazole rings is 1. The van der Waals surface area contributed by atoms with E-state index in [1.165, 1.54) is 12.8 Å². The lowest BCUT2D eigenvalue weighted by Crippen LogP contribution is -2.11. The Bertz CT molecular complexity index is 569. The highest BCUT2D eigenvalue weighted by Crippen LogP contribution is 2.45. The molecule has 1 fully saturated rings. The fraction of sp³-hybridized carbons (Fsp3) is 0.357. The first-order valence-corrected chi connectivity index (χ1v) is 7.42. The largest absolute Gasteiger partial charge is 0.467 e. The molecule has 1 N–H and O–H groups in total. The van der Waals surface area contributed by atoms with E-state index in [2.05, 4.69) is 15.3 Å². The number of nitrogens with zero attached hydrogens (tertiary/aromatic N) is 2. The maximum Gasteiger partial charge on any atom is 0.293 e. The molecule has 1 aliphatic rings. The lowest BCUT2D eigenvalue weighted by atomic mass is 10.0. The topological polar surface area (TPSA) is 64.1 Å². The number of carbonyl (C=O) groups is 1. The predicted molar refractivity (Wildman–Crippen MR) is 77.1 cm³/mol. The second-order valence-electron chi connectivity index (χ2n) is 4.81. The van der Waals surface area contributed by atoms with Crippen LogP contribution in [0, 0.1) is 5.92 Å². The van der Waals surface area contributed by atoms with Crippen LogP contribution < -0.4 is 5.32 Å². The van der Waals surface area contributed by atoms with E-state index in [4.69, 9.17) is 4.74 Å². The van der Waals surface area contributed by atoms with E-state index in [0.717, 1.165) is 16.4 Å². The van der Waals surface area contributed by atoms with Gasteiger partial charge in [0.25, 0.3) is 6.47 Å². The summed E-state index contributed by atoms with van der Waals surface area (Å²) in [6.07, 6.45) is 5.87. The van der Waals surface area contributed by atoms with Crippen molar-refractivity contribution in [2.24, 2.45) is 5.92 Å². The lowest BCUT2D eigenvalue weighted by Gasteiger charge is -2.15. The molecule has 2 aromatic heterocycles. The Balaban J connectivity index is 1.79. The Labute approximate surface area is 121 Å². The number of rotatable bonds is 7. The third-order valence-corrected chi connectivity index (χ3v) is 4.16. The van der Waals surface area contributed by atoms with Crippen molar-refractivity contribution in [2.75, 3.05) is 11.9 Å².